The third kappa shape index (κ3) is 7.19. The van der Waals surface area contributed by atoms with Crippen molar-refractivity contribution in [2.45, 2.75) is 45.3 Å². The number of likely N-dealkylation sites (tertiary alicyclic amines) is 1. The minimum Gasteiger partial charge on any atom is -0.357 e. The lowest BCUT2D eigenvalue weighted by Crippen LogP contribution is -2.45. The molecule has 25 heavy (non-hydrogen) atoms. The number of guanidine groups is 1. The fourth-order valence-electron chi connectivity index (χ4n) is 2.75. The molecule has 0 aliphatic carbocycles. The van der Waals surface area contributed by atoms with E-state index in [9.17, 15) is 13.2 Å². The highest BCUT2D eigenvalue weighted by Crippen LogP contribution is 2.20. The van der Waals surface area contributed by atoms with Crippen molar-refractivity contribution in [2.24, 2.45) is 4.99 Å². The average Bonchev–Trinajstić information content (AvgIpc) is 3.15. The fraction of sp³-hybridized carbons (Fsp3) is 0.750. The first-order chi connectivity index (χ1) is 11.9. The molecule has 142 valence electrons. The number of aliphatic imine (C=N–C) groups is 1. The molecule has 1 aromatic heterocycles. The van der Waals surface area contributed by atoms with Crippen molar-refractivity contribution >= 4 is 17.3 Å². The number of aryl methyl sites for hydroxylation is 1. The van der Waals surface area contributed by atoms with Gasteiger partial charge in [-0.15, -0.1) is 11.3 Å². The van der Waals surface area contributed by atoms with E-state index in [0.29, 0.717) is 38.6 Å². The molecular weight excluding hydrogens is 351 g/mol. The number of hydrogen-bond donors (Lipinski definition) is 2. The molecule has 1 unspecified atom stereocenters. The monoisotopic (exact) mass is 377 g/mol. The van der Waals surface area contributed by atoms with Gasteiger partial charge in [0.15, 0.2) is 5.96 Å². The van der Waals surface area contributed by atoms with Crippen molar-refractivity contribution in [3.63, 3.8) is 0 Å². The first-order valence-corrected chi connectivity index (χ1v) is 9.48. The predicted molar refractivity (Wildman–Crippen MR) is 95.2 cm³/mol. The van der Waals surface area contributed by atoms with Gasteiger partial charge < -0.3 is 10.6 Å². The number of hydrogen-bond acceptors (Lipinski definition) is 4. The molecular formula is C16H26F3N5S. The number of nitrogens with zero attached hydrogens (tertiary/aromatic N) is 3. The van der Waals surface area contributed by atoms with Crippen molar-refractivity contribution in [1.29, 1.82) is 0 Å². The highest BCUT2D eigenvalue weighted by molar-refractivity contribution is 7.11. The molecule has 0 saturated carbocycles. The summed E-state index contributed by atoms with van der Waals surface area (Å²) in [6.07, 6.45) is 0.208. The van der Waals surface area contributed by atoms with Gasteiger partial charge in [0.05, 0.1) is 11.6 Å². The lowest BCUT2D eigenvalue weighted by molar-refractivity contribution is -0.143. The first-order valence-electron chi connectivity index (χ1n) is 8.67. The van der Waals surface area contributed by atoms with E-state index in [1.165, 1.54) is 9.78 Å². The molecule has 0 radical (unpaired) electrons. The van der Waals surface area contributed by atoms with Crippen molar-refractivity contribution in [3.8, 4) is 0 Å². The van der Waals surface area contributed by atoms with Gasteiger partial charge in [-0.25, -0.2) is 4.98 Å². The van der Waals surface area contributed by atoms with Crippen LogP contribution < -0.4 is 10.6 Å². The zero-order valence-electron chi connectivity index (χ0n) is 14.7. The maximum atomic E-state index is 12.5. The van der Waals surface area contributed by atoms with Crippen molar-refractivity contribution in [3.05, 3.63) is 16.1 Å². The second-order valence-corrected chi connectivity index (χ2v) is 7.26. The molecule has 2 rings (SSSR count). The van der Waals surface area contributed by atoms with Crippen LogP contribution in [0, 0.1) is 0 Å². The lowest BCUT2D eigenvalue weighted by Gasteiger charge is -2.19. The molecule has 1 aromatic rings. The van der Waals surface area contributed by atoms with Crippen LogP contribution in [0.4, 0.5) is 13.2 Å². The molecule has 0 aromatic carbocycles. The summed E-state index contributed by atoms with van der Waals surface area (Å²) in [6.45, 7) is 5.38. The summed E-state index contributed by atoms with van der Waals surface area (Å²) in [7, 11) is 0. The Labute approximate surface area is 150 Å². The molecule has 1 atom stereocenters. The third-order valence-electron chi connectivity index (χ3n) is 3.91. The normalized spacial score (nSPS) is 19.4. The zero-order valence-corrected chi connectivity index (χ0v) is 15.5. The number of halogens is 3. The van der Waals surface area contributed by atoms with Crippen LogP contribution in [0.15, 0.2) is 11.2 Å². The van der Waals surface area contributed by atoms with Crippen LogP contribution in [0.5, 0.6) is 0 Å². The molecule has 1 aliphatic rings. The Hall–Kier alpha value is -1.35. The van der Waals surface area contributed by atoms with Gasteiger partial charge in [-0.2, -0.15) is 13.2 Å². The SMILES string of the molecule is CCNC(=NCCc1ncc(CC)s1)NC1CCN(CC(F)(F)F)C1. The molecule has 2 N–H and O–H groups in total. The van der Waals surface area contributed by atoms with Gasteiger partial charge in [0.25, 0.3) is 0 Å². The van der Waals surface area contributed by atoms with Crippen LogP contribution in [0.25, 0.3) is 0 Å². The molecule has 1 saturated heterocycles. The summed E-state index contributed by atoms with van der Waals surface area (Å²) in [5.74, 6) is 0.661. The van der Waals surface area contributed by atoms with Crippen LogP contribution in [0.2, 0.25) is 0 Å². The molecule has 9 heteroatoms. The van der Waals surface area contributed by atoms with Gasteiger partial charge in [0, 0.05) is 49.7 Å². The second-order valence-electron chi connectivity index (χ2n) is 6.06. The van der Waals surface area contributed by atoms with Crippen LogP contribution in [-0.4, -0.2) is 60.8 Å². The number of thiazole rings is 1. The van der Waals surface area contributed by atoms with Crippen LogP contribution in [-0.2, 0) is 12.8 Å². The summed E-state index contributed by atoms with van der Waals surface area (Å²) >= 11 is 1.70. The lowest BCUT2D eigenvalue weighted by atomic mass is 10.3. The number of nitrogens with one attached hydrogen (secondary N) is 2. The Bertz CT molecular complexity index is 558. The predicted octanol–water partition coefficient (Wildman–Crippen LogP) is 2.44. The van der Waals surface area contributed by atoms with Gasteiger partial charge in [-0.3, -0.25) is 9.89 Å². The second kappa shape index (κ2) is 9.38. The highest BCUT2D eigenvalue weighted by atomic mass is 32.1. The minimum atomic E-state index is -4.14. The Morgan fingerprint density at radius 2 is 2.24 bits per heavy atom. The fourth-order valence-corrected chi connectivity index (χ4v) is 3.60. The van der Waals surface area contributed by atoms with Gasteiger partial charge in [-0.05, 0) is 19.8 Å². The molecule has 0 spiro atoms. The molecule has 0 bridgehead atoms. The van der Waals surface area contributed by atoms with Gasteiger partial charge >= 0.3 is 6.18 Å². The van der Waals surface area contributed by atoms with Gasteiger partial charge in [-0.1, -0.05) is 6.92 Å². The molecule has 5 nitrogen and oxygen atoms in total. The maximum Gasteiger partial charge on any atom is 0.401 e. The standard InChI is InChI=1S/C16H26F3N5S/c1-3-13-9-22-14(25-13)5-7-21-15(20-4-2)23-12-6-8-24(10-12)11-16(17,18)19/h9,12H,3-8,10-11H2,1-2H3,(H2,20,21,23). The van der Waals surface area contributed by atoms with E-state index >= 15 is 0 Å². The van der Waals surface area contributed by atoms with E-state index in [1.54, 1.807) is 11.3 Å². The van der Waals surface area contributed by atoms with Crippen molar-refractivity contribution in [2.75, 3.05) is 32.7 Å². The van der Waals surface area contributed by atoms with Crippen LogP contribution >= 0.6 is 11.3 Å². The summed E-state index contributed by atoms with van der Waals surface area (Å²) in [5, 5.41) is 7.47. The molecule has 0 amide bonds. The Balaban J connectivity index is 1.81. The van der Waals surface area contributed by atoms with E-state index in [1.807, 2.05) is 13.1 Å². The van der Waals surface area contributed by atoms with E-state index in [4.69, 9.17) is 0 Å². The van der Waals surface area contributed by atoms with E-state index in [2.05, 4.69) is 27.5 Å². The number of aromatic nitrogens is 1. The Morgan fingerprint density at radius 3 is 2.88 bits per heavy atom. The minimum absolute atomic E-state index is 0.00768. The zero-order chi connectivity index (χ0) is 18.3. The van der Waals surface area contributed by atoms with E-state index < -0.39 is 12.7 Å². The molecule has 1 aliphatic heterocycles. The summed E-state index contributed by atoms with van der Waals surface area (Å²) in [5.41, 5.74) is 0. The van der Waals surface area contributed by atoms with Crippen molar-refractivity contribution in [1.82, 2.24) is 20.5 Å². The highest BCUT2D eigenvalue weighted by Gasteiger charge is 2.34. The van der Waals surface area contributed by atoms with E-state index in [-0.39, 0.29) is 6.04 Å². The maximum absolute atomic E-state index is 12.5. The molecule has 1 fully saturated rings. The average molecular weight is 377 g/mol. The Kier molecular flexibility index (Phi) is 7.49. The number of alkyl halides is 3. The van der Waals surface area contributed by atoms with Crippen LogP contribution in [0.3, 0.4) is 0 Å². The largest absolute Gasteiger partial charge is 0.401 e. The molecule has 2 heterocycles. The number of rotatable bonds is 7. The van der Waals surface area contributed by atoms with Crippen molar-refractivity contribution < 1.29 is 13.2 Å². The van der Waals surface area contributed by atoms with E-state index in [0.717, 1.165) is 17.8 Å². The summed E-state index contributed by atoms with van der Waals surface area (Å²) < 4.78 is 37.4. The first kappa shape index (κ1) is 20.0. The summed E-state index contributed by atoms with van der Waals surface area (Å²) in [6, 6.07) is -0.00768. The van der Waals surface area contributed by atoms with Gasteiger partial charge in [0.2, 0.25) is 0 Å². The van der Waals surface area contributed by atoms with Gasteiger partial charge in [0.1, 0.15) is 0 Å². The van der Waals surface area contributed by atoms with Crippen LogP contribution in [0.1, 0.15) is 30.2 Å². The smallest absolute Gasteiger partial charge is 0.357 e. The quantitative estimate of drug-likeness (QED) is 0.566. The Morgan fingerprint density at radius 1 is 1.44 bits per heavy atom. The topological polar surface area (TPSA) is 52.6 Å². The third-order valence-corrected chi connectivity index (χ3v) is 5.11. The summed E-state index contributed by atoms with van der Waals surface area (Å²) in [4.78, 5) is 11.6.